The molecule has 6 aromatic rings. The second-order valence-corrected chi connectivity index (χ2v) is 16.7. The highest BCUT2D eigenvalue weighted by atomic mass is 16.6. The van der Waals surface area contributed by atoms with Crippen molar-refractivity contribution in [3.05, 3.63) is 153 Å². The Morgan fingerprint density at radius 2 is 1.62 bits per heavy atom. The van der Waals surface area contributed by atoms with E-state index in [1.165, 1.54) is 27.8 Å². The van der Waals surface area contributed by atoms with Crippen molar-refractivity contribution in [3.63, 3.8) is 0 Å². The number of ether oxygens (including phenoxy) is 3. The molecule has 16 nitrogen and oxygen atoms in total. The van der Waals surface area contributed by atoms with Gasteiger partial charge in [-0.15, -0.1) is 6.42 Å². The maximum absolute atomic E-state index is 13.2. The van der Waals surface area contributed by atoms with Crippen LogP contribution in [-0.2, 0) is 22.6 Å². The Labute approximate surface area is 394 Å². The summed E-state index contributed by atoms with van der Waals surface area (Å²) in [7, 11) is 1.59. The van der Waals surface area contributed by atoms with Crippen molar-refractivity contribution in [2.45, 2.75) is 45.7 Å². The molecule has 3 heterocycles. The molecule has 0 saturated carbocycles. The molecule has 1 aliphatic heterocycles. The number of phenols is 2. The van der Waals surface area contributed by atoms with Crippen molar-refractivity contribution >= 4 is 17.9 Å². The second kappa shape index (κ2) is 22.4. The van der Waals surface area contributed by atoms with E-state index in [-0.39, 0.29) is 73.4 Å². The van der Waals surface area contributed by atoms with Crippen LogP contribution in [0.1, 0.15) is 75.6 Å². The number of hydrogen-bond donors (Lipinski definition) is 3. The van der Waals surface area contributed by atoms with Crippen molar-refractivity contribution < 1.29 is 38.8 Å². The molecule has 3 amide bonds. The number of benzene rings is 4. The number of carbonyl (C=O) groups excluding carboxylic acids is 3. The lowest BCUT2D eigenvalue weighted by atomic mass is 9.98. The first-order valence-electron chi connectivity index (χ1n) is 22.2. The van der Waals surface area contributed by atoms with Crippen molar-refractivity contribution in [2.24, 2.45) is 5.92 Å². The highest BCUT2D eigenvalue weighted by molar-refractivity contribution is 5.97. The van der Waals surface area contributed by atoms with Crippen LogP contribution in [0.15, 0.2) is 114 Å². The van der Waals surface area contributed by atoms with E-state index in [4.69, 9.17) is 20.6 Å². The number of hydrogen-bond acceptors (Lipinski definition) is 12. The van der Waals surface area contributed by atoms with Gasteiger partial charge in [-0.25, -0.2) is 19.4 Å². The van der Waals surface area contributed by atoms with E-state index in [2.05, 4.69) is 26.3 Å². The zero-order valence-electron chi connectivity index (χ0n) is 38.1. The standard InChI is InChI=1S/C52H53N7O9/c1-5-35-9-6-12-39(23-35)45-15-16-48(62)59(56-45)31-38-11-7-13-40(24-38)49-53-28-42(29-54-49)68-32-36-17-19-58(20-18-36)52(65)67-22-21-66-33-55-50(63)41-14-8-10-37(25-41)30-57(4)51(64)44-26-43(34(2)3)46(60)27-47(44)61/h1,6-16,23-29,34,36,60-61H,17-22,30-33H2,2-4H3,(H,55,63). The zero-order valence-corrected chi connectivity index (χ0v) is 38.1. The first-order valence-corrected chi connectivity index (χ1v) is 22.2. The molecule has 350 valence electrons. The first-order chi connectivity index (χ1) is 32.8. The topological polar surface area (TPSA) is 199 Å². The van der Waals surface area contributed by atoms with Crippen molar-refractivity contribution in [1.29, 1.82) is 0 Å². The molecule has 1 saturated heterocycles. The summed E-state index contributed by atoms with van der Waals surface area (Å²) in [6.45, 7) is 5.65. The van der Waals surface area contributed by atoms with Gasteiger partial charge in [-0.05, 0) is 83.8 Å². The number of likely N-dealkylation sites (tertiary alicyclic amines) is 1. The third kappa shape index (κ3) is 12.4. The average molecular weight is 920 g/mol. The zero-order chi connectivity index (χ0) is 48.2. The summed E-state index contributed by atoms with van der Waals surface area (Å²) in [6.07, 6.45) is 9.86. The molecular formula is C52H53N7O9. The number of aromatic hydroxyl groups is 2. The van der Waals surface area contributed by atoms with Crippen LogP contribution in [0.5, 0.6) is 17.2 Å². The quantitative estimate of drug-likeness (QED) is 0.0490. The van der Waals surface area contributed by atoms with Gasteiger partial charge in [0, 0.05) is 61.1 Å². The van der Waals surface area contributed by atoms with Crippen LogP contribution in [0.2, 0.25) is 0 Å². The predicted molar refractivity (Wildman–Crippen MR) is 254 cm³/mol. The minimum Gasteiger partial charge on any atom is -0.508 e. The summed E-state index contributed by atoms with van der Waals surface area (Å²) in [4.78, 5) is 63.6. The molecule has 3 N–H and O–H groups in total. The van der Waals surface area contributed by atoms with Crippen molar-refractivity contribution in [1.82, 2.24) is 34.9 Å². The molecule has 7 rings (SSSR count). The van der Waals surface area contributed by atoms with Crippen molar-refractivity contribution in [2.75, 3.05) is 46.7 Å². The van der Waals surface area contributed by atoms with Crippen LogP contribution in [0.4, 0.5) is 4.79 Å². The molecule has 1 fully saturated rings. The number of aromatic nitrogens is 4. The Hall–Kier alpha value is -8.03. The van der Waals surface area contributed by atoms with Gasteiger partial charge >= 0.3 is 6.09 Å². The summed E-state index contributed by atoms with van der Waals surface area (Å²) in [5, 5.41) is 27.8. The van der Waals surface area contributed by atoms with E-state index in [1.54, 1.807) is 54.7 Å². The second-order valence-electron chi connectivity index (χ2n) is 16.7. The Kier molecular flexibility index (Phi) is 15.8. The lowest BCUT2D eigenvalue weighted by Crippen LogP contribution is -2.40. The summed E-state index contributed by atoms with van der Waals surface area (Å²) in [5.41, 5.74) is 5.29. The van der Waals surface area contributed by atoms with Crippen molar-refractivity contribution in [3.8, 4) is 52.2 Å². The molecule has 16 heteroatoms. The summed E-state index contributed by atoms with van der Waals surface area (Å²) in [5.74, 6) is 2.63. The summed E-state index contributed by atoms with van der Waals surface area (Å²) in [6, 6.07) is 27.7. The molecular weight excluding hydrogens is 867 g/mol. The molecule has 1 aliphatic rings. The molecule has 0 bridgehead atoms. The fraction of sp³-hybridized carbons (Fsp3) is 0.288. The van der Waals surface area contributed by atoms with Crippen LogP contribution >= 0.6 is 0 Å². The lowest BCUT2D eigenvalue weighted by molar-refractivity contribution is 0.0398. The van der Waals surface area contributed by atoms with E-state index in [9.17, 15) is 29.4 Å². The number of terminal acetylenes is 1. The summed E-state index contributed by atoms with van der Waals surface area (Å²) >= 11 is 0. The monoisotopic (exact) mass is 919 g/mol. The fourth-order valence-corrected chi connectivity index (χ4v) is 7.66. The van der Waals surface area contributed by atoms with E-state index < -0.39 is 12.0 Å². The minimum absolute atomic E-state index is 0.0118. The third-order valence-corrected chi connectivity index (χ3v) is 11.4. The van der Waals surface area contributed by atoms with Gasteiger partial charge in [-0.2, -0.15) is 5.10 Å². The number of rotatable bonds is 17. The van der Waals surface area contributed by atoms with Crippen LogP contribution < -0.4 is 15.6 Å². The van der Waals surface area contributed by atoms with E-state index >= 15 is 0 Å². The molecule has 68 heavy (non-hydrogen) atoms. The highest BCUT2D eigenvalue weighted by Crippen LogP contribution is 2.33. The van der Waals surface area contributed by atoms with Crippen LogP contribution in [0.25, 0.3) is 22.6 Å². The smallest absolute Gasteiger partial charge is 0.409 e. The number of carbonyl (C=O) groups is 3. The average Bonchev–Trinajstić information content (AvgIpc) is 3.35. The number of piperidine rings is 1. The predicted octanol–water partition coefficient (Wildman–Crippen LogP) is 6.84. The van der Waals surface area contributed by atoms with Gasteiger partial charge in [-0.3, -0.25) is 14.4 Å². The number of phenolic OH excluding ortho intramolecular Hbond substituents is 2. The van der Waals surface area contributed by atoms with E-state index in [1.807, 2.05) is 62.4 Å². The molecule has 0 spiro atoms. The van der Waals surface area contributed by atoms with Gasteiger partial charge in [0.05, 0.1) is 43.4 Å². The van der Waals surface area contributed by atoms with E-state index in [0.29, 0.717) is 53.7 Å². The minimum atomic E-state index is -0.436. The molecule has 0 aliphatic carbocycles. The van der Waals surface area contributed by atoms with Crippen LogP contribution in [0.3, 0.4) is 0 Å². The number of nitrogens with one attached hydrogen (secondary N) is 1. The molecule has 0 radical (unpaired) electrons. The van der Waals surface area contributed by atoms with Gasteiger partial charge < -0.3 is 39.5 Å². The van der Waals surface area contributed by atoms with Gasteiger partial charge in [0.25, 0.3) is 17.4 Å². The summed E-state index contributed by atoms with van der Waals surface area (Å²) < 4.78 is 18.3. The lowest BCUT2D eigenvalue weighted by Gasteiger charge is -2.31. The third-order valence-electron chi connectivity index (χ3n) is 11.4. The van der Waals surface area contributed by atoms with Gasteiger partial charge in [0.15, 0.2) is 11.6 Å². The number of nitrogens with zero attached hydrogens (tertiary/aromatic N) is 6. The Bertz CT molecular complexity index is 2850. The maximum Gasteiger partial charge on any atom is 0.409 e. The molecule has 0 atom stereocenters. The number of amides is 3. The van der Waals surface area contributed by atoms with Gasteiger partial charge in [0.1, 0.15) is 24.8 Å². The Balaban J connectivity index is 0.783. The largest absolute Gasteiger partial charge is 0.508 e. The fourth-order valence-electron chi connectivity index (χ4n) is 7.66. The molecule has 2 aromatic heterocycles. The molecule has 0 unspecified atom stereocenters. The highest BCUT2D eigenvalue weighted by Gasteiger charge is 2.25. The first kappa shape index (κ1) is 47.9. The van der Waals surface area contributed by atoms with E-state index in [0.717, 1.165) is 35.1 Å². The SMILES string of the molecule is C#Cc1cccc(-c2ccc(=O)n(Cc3cccc(-c4ncc(OCC5CCN(C(=O)OCCOCNC(=O)c6cccc(CN(C)C(=O)c7cc(C(C)C)c(O)cc7O)c6)CC5)cn4)c3)n2)c1. The Morgan fingerprint density at radius 3 is 2.38 bits per heavy atom. The Morgan fingerprint density at radius 1 is 0.882 bits per heavy atom. The normalized spacial score (nSPS) is 12.6. The molecule has 4 aromatic carbocycles. The maximum atomic E-state index is 13.2. The van der Waals surface area contributed by atoms with Crippen LogP contribution in [0, 0.1) is 18.3 Å². The van der Waals surface area contributed by atoms with Gasteiger partial charge in [-0.1, -0.05) is 62.2 Å². The van der Waals surface area contributed by atoms with Gasteiger partial charge in [0.2, 0.25) is 0 Å². The van der Waals surface area contributed by atoms with Crippen LogP contribution in [-0.4, -0.2) is 104 Å².